The molecule has 0 heterocycles. The number of likely N-dealkylation sites (N-methyl/N-ethyl adjacent to an activating group) is 1. The fourth-order valence-electron chi connectivity index (χ4n) is 2.24. The van der Waals surface area contributed by atoms with Crippen molar-refractivity contribution in [1.29, 1.82) is 0 Å². The van der Waals surface area contributed by atoms with E-state index in [2.05, 4.69) is 21.2 Å². The van der Waals surface area contributed by atoms with Crippen molar-refractivity contribution >= 4 is 15.9 Å². The molecule has 0 aliphatic heterocycles. The van der Waals surface area contributed by atoms with Crippen LogP contribution in [-0.2, 0) is 6.42 Å². The van der Waals surface area contributed by atoms with E-state index in [1.807, 2.05) is 7.05 Å². The fourth-order valence-corrected chi connectivity index (χ4v) is 2.67. The van der Waals surface area contributed by atoms with Crippen LogP contribution in [0.3, 0.4) is 0 Å². The molecule has 0 spiro atoms. The van der Waals surface area contributed by atoms with Crippen LogP contribution in [0, 0.1) is 11.6 Å². The summed E-state index contributed by atoms with van der Waals surface area (Å²) in [6.45, 7) is 0.778. The van der Waals surface area contributed by atoms with Gasteiger partial charge in [0, 0.05) is 12.5 Å². The molecule has 20 heavy (non-hydrogen) atoms. The summed E-state index contributed by atoms with van der Waals surface area (Å²) in [6, 6.07) is 11.6. The predicted octanol–water partition coefficient (Wildman–Crippen LogP) is 4.27. The summed E-state index contributed by atoms with van der Waals surface area (Å²) in [7, 11) is 1.89. The zero-order valence-electron chi connectivity index (χ0n) is 11.2. The smallest absolute Gasteiger partial charge is 0.137 e. The first kappa shape index (κ1) is 15.1. The van der Waals surface area contributed by atoms with Gasteiger partial charge in [-0.2, -0.15) is 0 Å². The van der Waals surface area contributed by atoms with Gasteiger partial charge in [0.25, 0.3) is 0 Å². The first-order valence-corrected chi connectivity index (χ1v) is 7.23. The summed E-state index contributed by atoms with van der Waals surface area (Å²) in [5.41, 5.74) is 2.11. The van der Waals surface area contributed by atoms with E-state index in [-0.39, 0.29) is 17.6 Å². The number of hydrogen-bond acceptors (Lipinski definition) is 1. The zero-order valence-corrected chi connectivity index (χ0v) is 12.8. The second-order valence-corrected chi connectivity index (χ2v) is 5.61. The Bertz CT molecular complexity index is 569. The molecular formula is C16H16BrF2N. The van der Waals surface area contributed by atoms with Crippen molar-refractivity contribution < 1.29 is 8.78 Å². The quantitative estimate of drug-likeness (QED) is 0.857. The van der Waals surface area contributed by atoms with Gasteiger partial charge in [-0.15, -0.1) is 0 Å². The molecule has 0 saturated carbocycles. The maximum absolute atomic E-state index is 13.3. The third kappa shape index (κ3) is 3.87. The Kier molecular flexibility index (Phi) is 5.26. The number of rotatable bonds is 5. The van der Waals surface area contributed by atoms with Crippen molar-refractivity contribution in [3.8, 4) is 0 Å². The highest BCUT2D eigenvalue weighted by molar-refractivity contribution is 9.10. The highest BCUT2D eigenvalue weighted by atomic mass is 79.9. The summed E-state index contributed by atoms with van der Waals surface area (Å²) >= 11 is 3.20. The molecular weight excluding hydrogens is 324 g/mol. The van der Waals surface area contributed by atoms with Gasteiger partial charge in [0.15, 0.2) is 0 Å². The monoisotopic (exact) mass is 339 g/mol. The van der Waals surface area contributed by atoms with Gasteiger partial charge >= 0.3 is 0 Å². The van der Waals surface area contributed by atoms with Crippen LogP contribution in [0.4, 0.5) is 8.78 Å². The summed E-state index contributed by atoms with van der Waals surface area (Å²) in [5.74, 6) is -0.278. The summed E-state index contributed by atoms with van der Waals surface area (Å²) in [5, 5.41) is 3.15. The standard InChI is InChI=1S/C16H16BrF2N/c1-20-10-13(12-3-5-14(18)6-4-12)8-11-2-7-16(19)15(17)9-11/h2-7,9,13,20H,8,10H2,1H3. The van der Waals surface area contributed by atoms with Crippen molar-refractivity contribution in [2.75, 3.05) is 13.6 Å². The van der Waals surface area contributed by atoms with E-state index in [1.54, 1.807) is 24.3 Å². The molecule has 0 amide bonds. The lowest BCUT2D eigenvalue weighted by Crippen LogP contribution is -2.19. The van der Waals surface area contributed by atoms with Crippen LogP contribution in [0.25, 0.3) is 0 Å². The minimum Gasteiger partial charge on any atom is -0.319 e. The van der Waals surface area contributed by atoms with E-state index in [9.17, 15) is 8.78 Å². The van der Waals surface area contributed by atoms with E-state index >= 15 is 0 Å². The van der Waals surface area contributed by atoms with Crippen molar-refractivity contribution in [3.63, 3.8) is 0 Å². The first-order valence-electron chi connectivity index (χ1n) is 6.44. The van der Waals surface area contributed by atoms with Crippen LogP contribution in [0.5, 0.6) is 0 Å². The molecule has 0 aliphatic rings. The Morgan fingerprint density at radius 1 is 1.10 bits per heavy atom. The number of hydrogen-bond donors (Lipinski definition) is 1. The summed E-state index contributed by atoms with van der Waals surface area (Å²) in [6.07, 6.45) is 0.769. The summed E-state index contributed by atoms with van der Waals surface area (Å²) < 4.78 is 26.7. The van der Waals surface area contributed by atoms with Gasteiger partial charge in [-0.3, -0.25) is 0 Å². The Hall–Kier alpha value is -1.26. The Morgan fingerprint density at radius 3 is 2.40 bits per heavy atom. The van der Waals surface area contributed by atoms with Gasteiger partial charge in [-0.1, -0.05) is 18.2 Å². The molecule has 0 fully saturated rings. The highest BCUT2D eigenvalue weighted by Gasteiger charge is 2.13. The summed E-state index contributed by atoms with van der Waals surface area (Å²) in [4.78, 5) is 0. The molecule has 1 atom stereocenters. The lowest BCUT2D eigenvalue weighted by molar-refractivity contribution is 0.605. The number of halogens is 3. The third-order valence-electron chi connectivity index (χ3n) is 3.26. The molecule has 2 aromatic carbocycles. The van der Waals surface area contributed by atoms with Crippen LogP contribution in [-0.4, -0.2) is 13.6 Å². The topological polar surface area (TPSA) is 12.0 Å². The van der Waals surface area contributed by atoms with Crippen LogP contribution in [0.1, 0.15) is 17.0 Å². The van der Waals surface area contributed by atoms with Gasteiger partial charge in [0.05, 0.1) is 4.47 Å². The fraction of sp³-hybridized carbons (Fsp3) is 0.250. The molecule has 2 aromatic rings. The van der Waals surface area contributed by atoms with Gasteiger partial charge in [0.1, 0.15) is 11.6 Å². The first-order chi connectivity index (χ1) is 9.60. The molecule has 0 aliphatic carbocycles. The molecule has 4 heteroatoms. The molecule has 2 rings (SSSR count). The average molecular weight is 340 g/mol. The Labute approximate surface area is 126 Å². The van der Waals surface area contributed by atoms with E-state index < -0.39 is 0 Å². The highest BCUT2D eigenvalue weighted by Crippen LogP contribution is 2.24. The molecule has 0 radical (unpaired) electrons. The lowest BCUT2D eigenvalue weighted by Gasteiger charge is -2.17. The van der Waals surface area contributed by atoms with Gasteiger partial charge in [-0.05, 0) is 64.8 Å². The lowest BCUT2D eigenvalue weighted by atomic mass is 9.92. The van der Waals surface area contributed by atoms with Crippen molar-refractivity contribution in [3.05, 3.63) is 69.7 Å². The van der Waals surface area contributed by atoms with Crippen molar-refractivity contribution in [2.45, 2.75) is 12.3 Å². The Balaban J connectivity index is 2.20. The van der Waals surface area contributed by atoms with Gasteiger partial charge < -0.3 is 5.32 Å². The average Bonchev–Trinajstić information content (AvgIpc) is 2.43. The molecule has 0 bridgehead atoms. The van der Waals surface area contributed by atoms with Crippen LogP contribution in [0.2, 0.25) is 0 Å². The number of nitrogens with one attached hydrogen (secondary N) is 1. The minimum absolute atomic E-state index is 0.220. The largest absolute Gasteiger partial charge is 0.319 e. The van der Waals surface area contributed by atoms with E-state index in [1.165, 1.54) is 18.2 Å². The maximum Gasteiger partial charge on any atom is 0.137 e. The molecule has 1 N–H and O–H groups in total. The zero-order chi connectivity index (χ0) is 14.5. The van der Waals surface area contributed by atoms with Crippen LogP contribution in [0.15, 0.2) is 46.9 Å². The molecule has 0 saturated heterocycles. The third-order valence-corrected chi connectivity index (χ3v) is 3.87. The van der Waals surface area contributed by atoms with Crippen molar-refractivity contribution in [1.82, 2.24) is 5.32 Å². The molecule has 1 unspecified atom stereocenters. The minimum atomic E-state index is -0.263. The van der Waals surface area contributed by atoms with Crippen LogP contribution >= 0.6 is 15.9 Å². The van der Waals surface area contributed by atoms with Crippen molar-refractivity contribution in [2.24, 2.45) is 0 Å². The molecule has 106 valence electrons. The predicted molar refractivity (Wildman–Crippen MR) is 80.9 cm³/mol. The number of benzene rings is 2. The maximum atomic E-state index is 13.3. The van der Waals surface area contributed by atoms with E-state index in [4.69, 9.17) is 0 Å². The molecule has 0 aromatic heterocycles. The SMILES string of the molecule is CNCC(Cc1ccc(F)c(Br)c1)c1ccc(F)cc1. The van der Waals surface area contributed by atoms with Gasteiger partial charge in [-0.25, -0.2) is 8.78 Å². The normalized spacial score (nSPS) is 12.4. The van der Waals surface area contributed by atoms with Crippen LogP contribution < -0.4 is 5.32 Å². The molecule has 1 nitrogen and oxygen atoms in total. The van der Waals surface area contributed by atoms with Gasteiger partial charge in [0.2, 0.25) is 0 Å². The Morgan fingerprint density at radius 2 is 1.80 bits per heavy atom. The second-order valence-electron chi connectivity index (χ2n) is 4.76. The second kappa shape index (κ2) is 6.95. The van der Waals surface area contributed by atoms with E-state index in [0.717, 1.165) is 24.1 Å². The van der Waals surface area contributed by atoms with E-state index in [0.29, 0.717) is 4.47 Å².